The summed E-state index contributed by atoms with van der Waals surface area (Å²) in [6.45, 7) is 0.815. The van der Waals surface area contributed by atoms with Crippen LogP contribution in [-0.2, 0) is 9.53 Å². The molecule has 1 aromatic carbocycles. The van der Waals surface area contributed by atoms with E-state index in [0.29, 0.717) is 41.6 Å². The zero-order chi connectivity index (χ0) is 20.8. The smallest absolute Gasteiger partial charge is 0.409 e. The van der Waals surface area contributed by atoms with Crippen LogP contribution >= 0.6 is 11.3 Å². The summed E-state index contributed by atoms with van der Waals surface area (Å²) in [5.41, 5.74) is 8.16. The molecule has 2 heterocycles. The first-order valence-electron chi connectivity index (χ1n) is 8.87. The number of hydrogen-bond donors (Lipinski definition) is 3. The average Bonchev–Trinajstić information content (AvgIpc) is 3.20. The molecular weight excluding hydrogens is 394 g/mol. The van der Waals surface area contributed by atoms with Gasteiger partial charge < -0.3 is 26.0 Å². The van der Waals surface area contributed by atoms with Gasteiger partial charge in [0.1, 0.15) is 0 Å². The molecule has 1 aliphatic rings. The van der Waals surface area contributed by atoms with Gasteiger partial charge in [0.2, 0.25) is 5.91 Å². The number of aromatic nitrogens is 1. The summed E-state index contributed by atoms with van der Waals surface area (Å²) in [5, 5.41) is 7.45. The van der Waals surface area contributed by atoms with E-state index in [2.05, 4.69) is 15.6 Å². The average molecular weight is 415 g/mol. The lowest BCUT2D eigenvalue weighted by molar-refractivity contribution is -0.115. The summed E-state index contributed by atoms with van der Waals surface area (Å²) in [5.74, 6) is -0.751. The maximum atomic E-state index is 12.1. The van der Waals surface area contributed by atoms with E-state index in [1.54, 1.807) is 29.2 Å². The summed E-state index contributed by atoms with van der Waals surface area (Å²) < 4.78 is 4.76. The van der Waals surface area contributed by atoms with Crippen LogP contribution in [0.25, 0.3) is 5.57 Å². The van der Waals surface area contributed by atoms with Gasteiger partial charge in [0.15, 0.2) is 5.13 Å². The zero-order valence-electron chi connectivity index (χ0n) is 15.8. The summed E-state index contributed by atoms with van der Waals surface area (Å²) in [6, 6.07) is 6.41. The second kappa shape index (κ2) is 9.20. The van der Waals surface area contributed by atoms with E-state index in [-0.39, 0.29) is 24.5 Å². The van der Waals surface area contributed by atoms with E-state index in [9.17, 15) is 14.4 Å². The van der Waals surface area contributed by atoms with E-state index in [4.69, 9.17) is 10.5 Å². The molecule has 0 fully saturated rings. The molecular formula is C19H21N5O4S. The molecule has 0 saturated heterocycles. The topological polar surface area (TPSA) is 127 Å². The van der Waals surface area contributed by atoms with Crippen LogP contribution in [0, 0.1) is 0 Å². The van der Waals surface area contributed by atoms with Crippen molar-refractivity contribution in [3.8, 4) is 0 Å². The van der Waals surface area contributed by atoms with E-state index < -0.39 is 0 Å². The molecule has 0 spiro atoms. The highest BCUT2D eigenvalue weighted by Gasteiger charge is 2.21. The molecule has 0 unspecified atom stereocenters. The van der Waals surface area contributed by atoms with Gasteiger partial charge in [-0.3, -0.25) is 9.59 Å². The minimum atomic E-state index is -0.386. The number of amides is 3. The fourth-order valence-corrected chi connectivity index (χ4v) is 3.50. The van der Waals surface area contributed by atoms with Gasteiger partial charge in [-0.1, -0.05) is 6.08 Å². The van der Waals surface area contributed by atoms with Gasteiger partial charge in [0.05, 0.1) is 25.9 Å². The number of ether oxygens (including phenoxy) is 1. The summed E-state index contributed by atoms with van der Waals surface area (Å²) >= 11 is 1.27. The predicted octanol–water partition coefficient (Wildman–Crippen LogP) is 1.95. The van der Waals surface area contributed by atoms with Gasteiger partial charge >= 0.3 is 6.09 Å². The van der Waals surface area contributed by atoms with Crippen LogP contribution in [-0.4, -0.2) is 54.5 Å². The first-order valence-corrected chi connectivity index (χ1v) is 9.75. The molecule has 1 aliphatic heterocycles. The number of anilines is 2. The molecule has 0 aliphatic carbocycles. The van der Waals surface area contributed by atoms with Crippen LogP contribution in [0.4, 0.5) is 15.6 Å². The number of carbonyl (C=O) groups excluding carboxylic acids is 3. The zero-order valence-corrected chi connectivity index (χ0v) is 16.6. The molecule has 4 N–H and O–H groups in total. The SMILES string of the molecule is COC(=O)N1CCC=C(c2csc(NC(=O)CNC(=O)c3ccc(N)cc3)n2)C1. The Balaban J connectivity index is 1.52. The molecule has 29 heavy (non-hydrogen) atoms. The normalized spacial score (nSPS) is 13.4. The second-order valence-corrected chi connectivity index (χ2v) is 7.16. The maximum Gasteiger partial charge on any atom is 0.409 e. The molecule has 0 saturated carbocycles. The Bertz CT molecular complexity index is 938. The highest BCUT2D eigenvalue weighted by atomic mass is 32.1. The van der Waals surface area contributed by atoms with E-state index in [0.717, 1.165) is 5.57 Å². The van der Waals surface area contributed by atoms with Crippen molar-refractivity contribution in [3.63, 3.8) is 0 Å². The number of nitrogens with one attached hydrogen (secondary N) is 2. The maximum absolute atomic E-state index is 12.1. The number of nitrogens with zero attached hydrogens (tertiary/aromatic N) is 2. The number of thiazole rings is 1. The lowest BCUT2D eigenvalue weighted by Crippen LogP contribution is -2.35. The summed E-state index contributed by atoms with van der Waals surface area (Å²) in [6.07, 6.45) is 2.35. The van der Waals surface area contributed by atoms with Crippen LogP contribution in [0.1, 0.15) is 22.5 Å². The predicted molar refractivity (Wildman–Crippen MR) is 111 cm³/mol. The summed E-state index contributed by atoms with van der Waals surface area (Å²) in [7, 11) is 1.35. The Kier molecular flexibility index (Phi) is 6.45. The van der Waals surface area contributed by atoms with Crippen molar-refractivity contribution in [2.75, 3.05) is 37.8 Å². The number of carbonyl (C=O) groups is 3. The second-order valence-electron chi connectivity index (χ2n) is 6.30. The van der Waals surface area contributed by atoms with Crippen molar-refractivity contribution in [1.29, 1.82) is 0 Å². The molecule has 1 aromatic heterocycles. The number of benzene rings is 1. The molecule has 3 rings (SSSR count). The minimum absolute atomic E-state index is 0.184. The van der Waals surface area contributed by atoms with Crippen LogP contribution in [0.5, 0.6) is 0 Å². The number of nitrogens with two attached hydrogens (primary N) is 1. The fraction of sp³-hybridized carbons (Fsp3) is 0.263. The third-order valence-corrected chi connectivity index (χ3v) is 5.00. The van der Waals surface area contributed by atoms with E-state index in [1.165, 1.54) is 18.4 Å². The van der Waals surface area contributed by atoms with E-state index >= 15 is 0 Å². The van der Waals surface area contributed by atoms with Gasteiger partial charge in [0.25, 0.3) is 5.91 Å². The van der Waals surface area contributed by atoms with Crippen LogP contribution in [0.15, 0.2) is 35.7 Å². The van der Waals surface area contributed by atoms with Gasteiger partial charge in [0, 0.05) is 23.2 Å². The van der Waals surface area contributed by atoms with Crippen LogP contribution in [0.2, 0.25) is 0 Å². The number of methoxy groups -OCH3 is 1. The fourth-order valence-electron chi connectivity index (χ4n) is 2.75. The van der Waals surface area contributed by atoms with Gasteiger partial charge in [-0.05, 0) is 36.3 Å². The van der Waals surface area contributed by atoms with Crippen LogP contribution in [0.3, 0.4) is 0 Å². The van der Waals surface area contributed by atoms with Crippen molar-refractivity contribution in [1.82, 2.24) is 15.2 Å². The Labute approximate surface area is 171 Å². The van der Waals surface area contributed by atoms with Crippen molar-refractivity contribution >= 4 is 45.6 Å². The monoisotopic (exact) mass is 415 g/mol. The quantitative estimate of drug-likeness (QED) is 0.641. The molecule has 10 heteroatoms. The molecule has 2 aromatic rings. The highest BCUT2D eigenvalue weighted by Crippen LogP contribution is 2.25. The Hall–Kier alpha value is -3.40. The molecule has 0 bridgehead atoms. The van der Waals surface area contributed by atoms with Crippen molar-refractivity contribution in [2.45, 2.75) is 6.42 Å². The molecule has 9 nitrogen and oxygen atoms in total. The molecule has 0 radical (unpaired) electrons. The van der Waals surface area contributed by atoms with Crippen molar-refractivity contribution in [2.24, 2.45) is 0 Å². The lowest BCUT2D eigenvalue weighted by atomic mass is 10.1. The van der Waals surface area contributed by atoms with Gasteiger partial charge in [-0.15, -0.1) is 11.3 Å². The largest absolute Gasteiger partial charge is 0.453 e. The van der Waals surface area contributed by atoms with Crippen molar-refractivity contribution < 1.29 is 19.1 Å². The van der Waals surface area contributed by atoms with Gasteiger partial charge in [-0.2, -0.15) is 0 Å². The van der Waals surface area contributed by atoms with Gasteiger partial charge in [-0.25, -0.2) is 9.78 Å². The number of rotatable bonds is 5. The van der Waals surface area contributed by atoms with Crippen molar-refractivity contribution in [3.05, 3.63) is 47.0 Å². The standard InChI is InChI=1S/C19H21N5O4S/c1-28-19(27)24-8-2-3-13(10-24)15-11-29-18(22-15)23-16(25)9-21-17(26)12-4-6-14(20)7-5-12/h3-7,11H,2,8-10,20H2,1H3,(H,21,26)(H,22,23,25). The lowest BCUT2D eigenvalue weighted by Gasteiger charge is -2.25. The number of nitrogen functional groups attached to an aromatic ring is 1. The third-order valence-electron chi connectivity index (χ3n) is 4.25. The Morgan fingerprint density at radius 1 is 1.28 bits per heavy atom. The molecule has 0 atom stereocenters. The first kappa shape index (κ1) is 20.3. The third kappa shape index (κ3) is 5.32. The molecule has 152 valence electrons. The number of hydrogen-bond acceptors (Lipinski definition) is 7. The minimum Gasteiger partial charge on any atom is -0.453 e. The van der Waals surface area contributed by atoms with Crippen LogP contribution < -0.4 is 16.4 Å². The highest BCUT2D eigenvalue weighted by molar-refractivity contribution is 7.14. The first-order chi connectivity index (χ1) is 14.0. The molecule has 3 amide bonds. The Morgan fingerprint density at radius 2 is 2.03 bits per heavy atom. The Morgan fingerprint density at radius 3 is 2.76 bits per heavy atom. The summed E-state index contributed by atoms with van der Waals surface area (Å²) in [4.78, 5) is 41.8. The van der Waals surface area contributed by atoms with E-state index in [1.807, 2.05) is 11.5 Å².